The summed E-state index contributed by atoms with van der Waals surface area (Å²) in [6.07, 6.45) is 0. The fourth-order valence-corrected chi connectivity index (χ4v) is 4.39. The molecule has 156 valence electrons. The summed E-state index contributed by atoms with van der Waals surface area (Å²) in [6, 6.07) is 17.9. The van der Waals surface area contributed by atoms with Gasteiger partial charge in [0.15, 0.2) is 0 Å². The van der Waals surface area contributed by atoms with Gasteiger partial charge in [0.05, 0.1) is 22.2 Å². The third-order valence-electron chi connectivity index (χ3n) is 4.22. The van der Waals surface area contributed by atoms with Crippen molar-refractivity contribution in [3.63, 3.8) is 0 Å². The second-order valence-corrected chi connectivity index (χ2v) is 9.13. The lowest BCUT2D eigenvalue weighted by atomic mass is 10.2. The second kappa shape index (κ2) is 9.57. The molecule has 5 nitrogen and oxygen atoms in total. The lowest BCUT2D eigenvalue weighted by molar-refractivity contribution is -0.116. The predicted molar refractivity (Wildman–Crippen MR) is 116 cm³/mol. The number of carbonyl (C=O) groups excluding carboxylic acids is 1. The topological polar surface area (TPSA) is 66.5 Å². The number of anilines is 1. The normalized spacial score (nSPS) is 11.5. The summed E-state index contributed by atoms with van der Waals surface area (Å²) < 4.78 is 41.4. The molecule has 0 aliphatic heterocycles. The lowest BCUT2D eigenvalue weighted by Crippen LogP contribution is -2.37. The van der Waals surface area contributed by atoms with E-state index in [9.17, 15) is 17.6 Å². The fraction of sp³-hybridized carbons (Fsp3) is 0.0952. The number of sulfonamides is 1. The van der Waals surface area contributed by atoms with Gasteiger partial charge in [-0.15, -0.1) is 0 Å². The molecule has 30 heavy (non-hydrogen) atoms. The van der Waals surface area contributed by atoms with Crippen LogP contribution in [-0.4, -0.2) is 25.2 Å². The summed E-state index contributed by atoms with van der Waals surface area (Å²) >= 11 is 11.9. The van der Waals surface area contributed by atoms with Gasteiger partial charge in [-0.3, -0.25) is 4.79 Å². The van der Waals surface area contributed by atoms with Crippen LogP contribution >= 0.6 is 23.2 Å². The number of hydrogen-bond acceptors (Lipinski definition) is 3. The molecule has 3 rings (SSSR count). The van der Waals surface area contributed by atoms with Crippen molar-refractivity contribution in [2.75, 3.05) is 11.9 Å². The van der Waals surface area contributed by atoms with Crippen molar-refractivity contribution in [2.45, 2.75) is 11.4 Å². The standard InChI is InChI=1S/C21H17Cl2FN2O3S/c22-16-9-11-17(12-10-16)30(28,29)26(13-15-5-1-3-7-19(15)24)14-21(27)25-20-8-4-2-6-18(20)23/h1-12H,13-14H2,(H,25,27). The van der Waals surface area contributed by atoms with Gasteiger partial charge >= 0.3 is 0 Å². The zero-order valence-corrected chi connectivity index (χ0v) is 17.9. The third-order valence-corrected chi connectivity index (χ3v) is 6.61. The third kappa shape index (κ3) is 5.37. The lowest BCUT2D eigenvalue weighted by Gasteiger charge is -2.22. The molecule has 0 atom stereocenters. The first kappa shape index (κ1) is 22.2. The van der Waals surface area contributed by atoms with Crippen LogP contribution in [0.4, 0.5) is 10.1 Å². The Morgan fingerprint density at radius 2 is 1.57 bits per heavy atom. The highest BCUT2D eigenvalue weighted by Gasteiger charge is 2.28. The molecule has 1 amide bonds. The summed E-state index contributed by atoms with van der Waals surface area (Å²) in [5.41, 5.74) is 0.486. The van der Waals surface area contributed by atoms with Crippen LogP contribution < -0.4 is 5.32 Å². The van der Waals surface area contributed by atoms with Gasteiger partial charge in [-0.1, -0.05) is 53.5 Å². The zero-order valence-electron chi connectivity index (χ0n) is 15.6. The van der Waals surface area contributed by atoms with Crippen LogP contribution in [0.25, 0.3) is 0 Å². The molecule has 0 radical (unpaired) electrons. The van der Waals surface area contributed by atoms with Gasteiger partial charge in [-0.2, -0.15) is 4.31 Å². The number of rotatable bonds is 7. The van der Waals surface area contributed by atoms with Crippen LogP contribution in [0.1, 0.15) is 5.56 Å². The molecule has 0 aliphatic rings. The van der Waals surface area contributed by atoms with Gasteiger partial charge < -0.3 is 5.32 Å². The quantitative estimate of drug-likeness (QED) is 0.534. The number of nitrogens with one attached hydrogen (secondary N) is 1. The van der Waals surface area contributed by atoms with Crippen molar-refractivity contribution >= 4 is 44.8 Å². The molecule has 0 fully saturated rings. The number of amides is 1. The van der Waals surface area contributed by atoms with E-state index in [4.69, 9.17) is 23.2 Å². The number of para-hydroxylation sites is 1. The van der Waals surface area contributed by atoms with Crippen LogP contribution in [0.5, 0.6) is 0 Å². The first-order chi connectivity index (χ1) is 14.3. The van der Waals surface area contributed by atoms with Crippen LogP contribution in [0.15, 0.2) is 77.7 Å². The SMILES string of the molecule is O=C(CN(Cc1ccccc1F)S(=O)(=O)c1ccc(Cl)cc1)Nc1ccccc1Cl. The minimum absolute atomic E-state index is 0.0613. The molecule has 0 saturated heterocycles. The van der Waals surface area contributed by atoms with Crippen molar-refractivity contribution < 1.29 is 17.6 Å². The van der Waals surface area contributed by atoms with E-state index in [1.54, 1.807) is 30.3 Å². The maximum atomic E-state index is 14.2. The van der Waals surface area contributed by atoms with Gasteiger partial charge in [0.25, 0.3) is 0 Å². The smallest absolute Gasteiger partial charge is 0.243 e. The van der Waals surface area contributed by atoms with Crippen molar-refractivity contribution in [1.82, 2.24) is 4.31 Å². The molecule has 0 saturated carbocycles. The molecular formula is C21H17Cl2FN2O3S. The monoisotopic (exact) mass is 466 g/mol. The molecule has 3 aromatic carbocycles. The van der Waals surface area contributed by atoms with Gasteiger partial charge in [0, 0.05) is 17.1 Å². The second-order valence-electron chi connectivity index (χ2n) is 6.35. The number of benzene rings is 3. The average Bonchev–Trinajstić information content (AvgIpc) is 2.71. The van der Waals surface area contributed by atoms with Crippen molar-refractivity contribution in [3.05, 3.63) is 94.2 Å². The molecule has 0 aromatic heterocycles. The Labute approximate surface area is 184 Å². The molecule has 3 aromatic rings. The van der Waals surface area contributed by atoms with Gasteiger partial charge in [-0.05, 0) is 42.5 Å². The number of halogens is 3. The van der Waals surface area contributed by atoms with Crippen LogP contribution in [-0.2, 0) is 21.4 Å². The highest BCUT2D eigenvalue weighted by Crippen LogP contribution is 2.23. The maximum Gasteiger partial charge on any atom is 0.243 e. The maximum absolute atomic E-state index is 14.2. The molecule has 0 aliphatic carbocycles. The molecule has 0 bridgehead atoms. The minimum Gasteiger partial charge on any atom is -0.324 e. The average molecular weight is 467 g/mol. The van der Waals surface area contributed by atoms with Crippen molar-refractivity contribution in [1.29, 1.82) is 0 Å². The van der Waals surface area contributed by atoms with Gasteiger partial charge in [-0.25, -0.2) is 12.8 Å². The highest BCUT2D eigenvalue weighted by atomic mass is 35.5. The number of hydrogen-bond donors (Lipinski definition) is 1. The fourth-order valence-electron chi connectivity index (χ4n) is 2.71. The summed E-state index contributed by atoms with van der Waals surface area (Å²) in [7, 11) is -4.12. The van der Waals surface area contributed by atoms with E-state index in [1.165, 1.54) is 42.5 Å². The first-order valence-electron chi connectivity index (χ1n) is 8.81. The Bertz CT molecular complexity index is 1150. The Morgan fingerprint density at radius 3 is 2.23 bits per heavy atom. The van der Waals surface area contributed by atoms with Crippen LogP contribution in [0.2, 0.25) is 10.0 Å². The van der Waals surface area contributed by atoms with E-state index in [2.05, 4.69) is 5.32 Å². The summed E-state index contributed by atoms with van der Waals surface area (Å²) in [5, 5.41) is 3.26. The summed E-state index contributed by atoms with van der Waals surface area (Å²) in [5.74, 6) is -1.18. The van der Waals surface area contributed by atoms with Gasteiger partial charge in [0.1, 0.15) is 5.82 Å². The first-order valence-corrected chi connectivity index (χ1v) is 11.0. The van der Waals surface area contributed by atoms with E-state index in [1.807, 2.05) is 0 Å². The van der Waals surface area contributed by atoms with Crippen LogP contribution in [0.3, 0.4) is 0 Å². The largest absolute Gasteiger partial charge is 0.324 e. The Balaban J connectivity index is 1.91. The van der Waals surface area contributed by atoms with E-state index in [0.717, 1.165) is 4.31 Å². The molecular weight excluding hydrogens is 450 g/mol. The van der Waals surface area contributed by atoms with Crippen molar-refractivity contribution in [2.24, 2.45) is 0 Å². The Kier molecular flexibility index (Phi) is 7.10. The highest BCUT2D eigenvalue weighted by molar-refractivity contribution is 7.89. The molecule has 1 N–H and O–H groups in total. The van der Waals surface area contributed by atoms with E-state index < -0.39 is 28.3 Å². The molecule has 0 heterocycles. The van der Waals surface area contributed by atoms with Crippen LogP contribution in [0, 0.1) is 5.82 Å². The predicted octanol–water partition coefficient (Wildman–Crippen LogP) is 4.96. The Hall–Kier alpha value is -2.45. The molecule has 0 unspecified atom stereocenters. The van der Waals surface area contributed by atoms with Gasteiger partial charge in [0.2, 0.25) is 15.9 Å². The molecule has 0 spiro atoms. The van der Waals surface area contributed by atoms with E-state index >= 15 is 0 Å². The van der Waals surface area contributed by atoms with E-state index in [0.29, 0.717) is 15.7 Å². The zero-order chi connectivity index (χ0) is 21.7. The van der Waals surface area contributed by atoms with E-state index in [-0.39, 0.29) is 17.0 Å². The minimum atomic E-state index is -4.12. The Morgan fingerprint density at radius 1 is 0.933 bits per heavy atom. The molecule has 9 heteroatoms. The summed E-state index contributed by atoms with van der Waals surface area (Å²) in [6.45, 7) is -0.863. The number of carbonyl (C=O) groups is 1. The summed E-state index contributed by atoms with van der Waals surface area (Å²) in [4.78, 5) is 12.5. The number of nitrogens with zero attached hydrogens (tertiary/aromatic N) is 1. The van der Waals surface area contributed by atoms with Crippen molar-refractivity contribution in [3.8, 4) is 0 Å².